The SMILES string of the molecule is CC1(C)CC(=O)c2ccc(Nc3cccc(F)c3)nc2C1. The quantitative estimate of drug-likeness (QED) is 0.902. The van der Waals surface area contributed by atoms with Crippen LogP contribution >= 0.6 is 0 Å². The highest BCUT2D eigenvalue weighted by molar-refractivity contribution is 5.98. The topological polar surface area (TPSA) is 42.0 Å². The Morgan fingerprint density at radius 2 is 2.00 bits per heavy atom. The Bertz CT molecular complexity index is 710. The van der Waals surface area contributed by atoms with Gasteiger partial charge in [0.15, 0.2) is 5.78 Å². The molecule has 0 unspecified atom stereocenters. The third-order valence-corrected chi connectivity index (χ3v) is 3.66. The summed E-state index contributed by atoms with van der Waals surface area (Å²) in [7, 11) is 0. The minimum atomic E-state index is -0.297. The fraction of sp³-hybridized carbons (Fsp3) is 0.294. The van der Waals surface area contributed by atoms with Gasteiger partial charge in [-0.25, -0.2) is 9.37 Å². The Labute approximate surface area is 123 Å². The molecule has 0 atom stereocenters. The maximum absolute atomic E-state index is 13.2. The summed E-state index contributed by atoms with van der Waals surface area (Å²) < 4.78 is 13.2. The van der Waals surface area contributed by atoms with Crippen LogP contribution in [0.5, 0.6) is 0 Å². The fourth-order valence-corrected chi connectivity index (χ4v) is 2.72. The number of halogens is 1. The van der Waals surface area contributed by atoms with Gasteiger partial charge in [-0.1, -0.05) is 19.9 Å². The Hall–Kier alpha value is -2.23. The average molecular weight is 284 g/mol. The van der Waals surface area contributed by atoms with Crippen LogP contribution < -0.4 is 5.32 Å². The molecule has 108 valence electrons. The van der Waals surface area contributed by atoms with Crippen LogP contribution in [0.15, 0.2) is 36.4 Å². The Morgan fingerprint density at radius 1 is 1.19 bits per heavy atom. The molecule has 0 bridgehead atoms. The molecule has 3 nitrogen and oxygen atoms in total. The third kappa shape index (κ3) is 2.94. The molecular weight excluding hydrogens is 267 g/mol. The van der Waals surface area contributed by atoms with E-state index in [0.29, 0.717) is 23.5 Å². The van der Waals surface area contributed by atoms with Crippen LogP contribution in [0.1, 0.15) is 36.3 Å². The smallest absolute Gasteiger partial charge is 0.165 e. The number of nitrogens with one attached hydrogen (secondary N) is 1. The van der Waals surface area contributed by atoms with E-state index >= 15 is 0 Å². The number of fused-ring (bicyclic) bond motifs is 1. The first-order valence-electron chi connectivity index (χ1n) is 6.99. The molecule has 21 heavy (non-hydrogen) atoms. The van der Waals surface area contributed by atoms with Crippen molar-refractivity contribution < 1.29 is 9.18 Å². The van der Waals surface area contributed by atoms with Crippen LogP contribution in [0.2, 0.25) is 0 Å². The van der Waals surface area contributed by atoms with Crippen molar-refractivity contribution in [3.63, 3.8) is 0 Å². The van der Waals surface area contributed by atoms with Crippen LogP contribution in [0.4, 0.5) is 15.9 Å². The molecular formula is C17H17FN2O. The zero-order chi connectivity index (χ0) is 15.0. The van der Waals surface area contributed by atoms with Gasteiger partial charge in [-0.05, 0) is 42.2 Å². The molecule has 0 spiro atoms. The molecule has 4 heteroatoms. The van der Waals surface area contributed by atoms with Crippen LogP contribution in [0, 0.1) is 11.2 Å². The van der Waals surface area contributed by atoms with Crippen molar-refractivity contribution in [3.05, 3.63) is 53.5 Å². The summed E-state index contributed by atoms with van der Waals surface area (Å²) in [6.07, 6.45) is 1.32. The minimum absolute atomic E-state index is 0.0610. The van der Waals surface area contributed by atoms with E-state index in [2.05, 4.69) is 24.1 Å². The lowest BCUT2D eigenvalue weighted by Gasteiger charge is -2.29. The summed E-state index contributed by atoms with van der Waals surface area (Å²) in [6, 6.07) is 9.80. The van der Waals surface area contributed by atoms with Crippen molar-refractivity contribution in [1.29, 1.82) is 0 Å². The number of hydrogen-bond acceptors (Lipinski definition) is 3. The highest BCUT2D eigenvalue weighted by atomic mass is 19.1. The zero-order valence-electron chi connectivity index (χ0n) is 12.1. The van der Waals surface area contributed by atoms with Crippen LogP contribution in [-0.4, -0.2) is 10.8 Å². The number of aromatic nitrogens is 1. The van der Waals surface area contributed by atoms with E-state index in [0.717, 1.165) is 12.1 Å². The number of nitrogens with zero attached hydrogens (tertiary/aromatic N) is 1. The molecule has 1 N–H and O–H groups in total. The summed E-state index contributed by atoms with van der Waals surface area (Å²) in [6.45, 7) is 4.14. The van der Waals surface area contributed by atoms with Gasteiger partial charge in [0.05, 0.1) is 5.69 Å². The van der Waals surface area contributed by atoms with Gasteiger partial charge in [-0.2, -0.15) is 0 Å². The van der Waals surface area contributed by atoms with E-state index in [1.807, 2.05) is 6.07 Å². The summed E-state index contributed by atoms with van der Waals surface area (Å²) in [5.74, 6) is 0.477. The number of rotatable bonds is 2. The molecule has 0 saturated carbocycles. The zero-order valence-corrected chi connectivity index (χ0v) is 12.1. The van der Waals surface area contributed by atoms with Crippen molar-refractivity contribution in [2.45, 2.75) is 26.7 Å². The van der Waals surface area contributed by atoms with Crippen LogP contribution in [0.3, 0.4) is 0 Å². The Kier molecular flexibility index (Phi) is 3.24. The van der Waals surface area contributed by atoms with Crippen LogP contribution in [-0.2, 0) is 6.42 Å². The van der Waals surface area contributed by atoms with E-state index in [4.69, 9.17) is 0 Å². The second kappa shape index (κ2) is 4.95. The largest absolute Gasteiger partial charge is 0.340 e. The van der Waals surface area contributed by atoms with E-state index < -0.39 is 0 Å². The predicted molar refractivity (Wildman–Crippen MR) is 80.4 cm³/mol. The van der Waals surface area contributed by atoms with E-state index in [9.17, 15) is 9.18 Å². The highest BCUT2D eigenvalue weighted by Crippen LogP contribution is 2.34. The average Bonchev–Trinajstić information content (AvgIpc) is 2.36. The lowest BCUT2D eigenvalue weighted by molar-refractivity contribution is 0.0910. The second-order valence-electron chi connectivity index (χ2n) is 6.27. The number of hydrogen-bond donors (Lipinski definition) is 1. The number of pyridine rings is 1. The predicted octanol–water partition coefficient (Wildman–Crippen LogP) is 4.12. The third-order valence-electron chi connectivity index (χ3n) is 3.66. The lowest BCUT2D eigenvalue weighted by Crippen LogP contribution is -2.27. The molecule has 1 heterocycles. The van der Waals surface area contributed by atoms with Crippen molar-refractivity contribution in [3.8, 4) is 0 Å². The minimum Gasteiger partial charge on any atom is -0.340 e. The molecule has 1 aromatic heterocycles. The standard InChI is InChI=1S/C17H17FN2O/c1-17(2)9-14-13(15(21)10-17)6-7-16(20-14)19-12-5-3-4-11(18)8-12/h3-8H,9-10H2,1-2H3,(H,19,20). The fourth-order valence-electron chi connectivity index (χ4n) is 2.72. The van der Waals surface area contributed by atoms with Gasteiger partial charge in [-0.15, -0.1) is 0 Å². The molecule has 1 aliphatic rings. The van der Waals surface area contributed by atoms with Gasteiger partial charge in [0.25, 0.3) is 0 Å². The van der Waals surface area contributed by atoms with Crippen molar-refractivity contribution in [1.82, 2.24) is 4.98 Å². The Balaban J connectivity index is 1.91. The van der Waals surface area contributed by atoms with Crippen LogP contribution in [0.25, 0.3) is 0 Å². The summed E-state index contributed by atoms with van der Waals surface area (Å²) in [5, 5.41) is 3.07. The summed E-state index contributed by atoms with van der Waals surface area (Å²) >= 11 is 0. The first kappa shape index (κ1) is 13.7. The molecule has 0 saturated heterocycles. The number of Topliss-reactive ketones (excluding diaryl/α,β-unsaturated/α-hetero) is 1. The van der Waals surface area contributed by atoms with Crippen molar-refractivity contribution in [2.24, 2.45) is 5.41 Å². The molecule has 3 rings (SSSR count). The van der Waals surface area contributed by atoms with Crippen molar-refractivity contribution in [2.75, 3.05) is 5.32 Å². The monoisotopic (exact) mass is 284 g/mol. The number of carbonyl (C=O) groups is 1. The van der Waals surface area contributed by atoms with Gasteiger partial charge in [0.2, 0.25) is 0 Å². The molecule has 1 aromatic carbocycles. The molecule has 0 aliphatic heterocycles. The summed E-state index contributed by atoms with van der Waals surface area (Å²) in [5.41, 5.74) is 2.11. The molecule has 1 aliphatic carbocycles. The van der Waals surface area contributed by atoms with Gasteiger partial charge in [0.1, 0.15) is 11.6 Å². The first-order chi connectivity index (χ1) is 9.93. The number of anilines is 2. The van der Waals surface area contributed by atoms with Gasteiger partial charge in [0, 0.05) is 17.7 Å². The first-order valence-corrected chi connectivity index (χ1v) is 6.99. The summed E-state index contributed by atoms with van der Waals surface area (Å²) in [4.78, 5) is 16.6. The van der Waals surface area contributed by atoms with E-state index in [1.165, 1.54) is 12.1 Å². The normalized spacial score (nSPS) is 16.4. The Morgan fingerprint density at radius 3 is 2.76 bits per heavy atom. The maximum atomic E-state index is 13.2. The van der Waals surface area contributed by atoms with E-state index in [-0.39, 0.29) is 17.0 Å². The molecule has 0 radical (unpaired) electrons. The second-order valence-corrected chi connectivity index (χ2v) is 6.27. The van der Waals surface area contributed by atoms with Gasteiger partial charge < -0.3 is 5.32 Å². The number of carbonyl (C=O) groups excluding carboxylic acids is 1. The molecule has 2 aromatic rings. The molecule has 0 amide bonds. The number of ketones is 1. The lowest BCUT2D eigenvalue weighted by atomic mass is 9.76. The number of benzene rings is 1. The maximum Gasteiger partial charge on any atom is 0.165 e. The van der Waals surface area contributed by atoms with Crippen molar-refractivity contribution >= 4 is 17.3 Å². The van der Waals surface area contributed by atoms with Gasteiger partial charge >= 0.3 is 0 Å². The highest BCUT2D eigenvalue weighted by Gasteiger charge is 2.31. The van der Waals surface area contributed by atoms with E-state index in [1.54, 1.807) is 18.2 Å². The van der Waals surface area contributed by atoms with Gasteiger partial charge in [-0.3, -0.25) is 4.79 Å². The molecule has 0 fully saturated rings.